The quantitative estimate of drug-likeness (QED) is 0.501. The topological polar surface area (TPSA) is 30.5 Å². The minimum atomic E-state index is 0.514. The fraction of sp³-hybridized carbons (Fsp3) is 0.217. The summed E-state index contributed by atoms with van der Waals surface area (Å²) in [6, 6.07) is 22.0. The molecule has 1 N–H and O–H groups in total. The molecule has 140 valence electrons. The van der Waals surface area contributed by atoms with E-state index < -0.39 is 0 Å². The maximum absolute atomic E-state index is 6.19. The van der Waals surface area contributed by atoms with Crippen LogP contribution in [0.25, 0.3) is 0 Å². The third-order valence-electron chi connectivity index (χ3n) is 4.30. The Hall–Kier alpha value is -2.65. The van der Waals surface area contributed by atoms with Crippen molar-refractivity contribution in [2.75, 3.05) is 11.9 Å². The second-order valence-electron chi connectivity index (χ2n) is 6.25. The standard InChI is InChI=1S/C23H24ClNO2/c1-3-26-23-14-19(15-25-21-11-7-10-20(24)17(21)2)12-13-22(23)27-16-18-8-5-4-6-9-18/h4-14,25H,3,15-16H2,1-2H3. The lowest BCUT2D eigenvalue weighted by Crippen LogP contribution is -2.04. The highest BCUT2D eigenvalue weighted by Gasteiger charge is 2.08. The molecule has 27 heavy (non-hydrogen) atoms. The van der Waals surface area contributed by atoms with Crippen molar-refractivity contribution in [1.82, 2.24) is 0 Å². The van der Waals surface area contributed by atoms with E-state index in [1.54, 1.807) is 0 Å². The molecule has 3 rings (SSSR count). The van der Waals surface area contributed by atoms with E-state index in [4.69, 9.17) is 21.1 Å². The Balaban J connectivity index is 1.70. The molecule has 0 heterocycles. The maximum atomic E-state index is 6.19. The average molecular weight is 382 g/mol. The van der Waals surface area contributed by atoms with Crippen LogP contribution in [0.2, 0.25) is 5.02 Å². The van der Waals surface area contributed by atoms with Gasteiger partial charge in [-0.05, 0) is 54.8 Å². The predicted octanol–water partition coefficient (Wildman–Crippen LogP) is 6.24. The van der Waals surface area contributed by atoms with Crippen molar-refractivity contribution in [3.8, 4) is 11.5 Å². The minimum absolute atomic E-state index is 0.514. The summed E-state index contributed by atoms with van der Waals surface area (Å²) < 4.78 is 11.8. The Morgan fingerprint density at radius 1 is 0.852 bits per heavy atom. The SMILES string of the molecule is CCOc1cc(CNc2cccc(Cl)c2C)ccc1OCc1ccccc1. The second-order valence-corrected chi connectivity index (χ2v) is 6.66. The molecular weight excluding hydrogens is 358 g/mol. The molecule has 0 aliphatic carbocycles. The highest BCUT2D eigenvalue weighted by atomic mass is 35.5. The first-order valence-corrected chi connectivity index (χ1v) is 9.46. The molecule has 0 radical (unpaired) electrons. The van der Waals surface area contributed by atoms with Crippen LogP contribution in [0.3, 0.4) is 0 Å². The summed E-state index contributed by atoms with van der Waals surface area (Å²) in [5.41, 5.74) is 4.32. The van der Waals surface area contributed by atoms with E-state index in [0.29, 0.717) is 19.8 Å². The van der Waals surface area contributed by atoms with Crippen LogP contribution in [0.15, 0.2) is 66.7 Å². The normalized spacial score (nSPS) is 10.5. The number of hydrogen-bond donors (Lipinski definition) is 1. The summed E-state index contributed by atoms with van der Waals surface area (Å²) in [5.74, 6) is 1.51. The van der Waals surface area contributed by atoms with Crippen LogP contribution >= 0.6 is 11.6 Å². The van der Waals surface area contributed by atoms with Crippen LogP contribution in [0, 0.1) is 6.92 Å². The van der Waals surface area contributed by atoms with Crippen LogP contribution in [0.4, 0.5) is 5.69 Å². The molecule has 0 amide bonds. The predicted molar refractivity (Wildman–Crippen MR) is 112 cm³/mol. The van der Waals surface area contributed by atoms with Crippen molar-refractivity contribution in [2.24, 2.45) is 0 Å². The maximum Gasteiger partial charge on any atom is 0.161 e. The molecular formula is C23H24ClNO2. The van der Waals surface area contributed by atoms with Crippen molar-refractivity contribution in [3.05, 3.63) is 88.4 Å². The monoisotopic (exact) mass is 381 g/mol. The van der Waals surface area contributed by atoms with E-state index in [1.165, 1.54) is 0 Å². The molecule has 3 aromatic rings. The zero-order valence-corrected chi connectivity index (χ0v) is 16.4. The molecule has 0 unspecified atom stereocenters. The van der Waals surface area contributed by atoms with E-state index in [0.717, 1.165) is 38.9 Å². The lowest BCUT2D eigenvalue weighted by molar-refractivity contribution is 0.269. The van der Waals surface area contributed by atoms with Crippen LogP contribution in [-0.4, -0.2) is 6.61 Å². The largest absolute Gasteiger partial charge is 0.490 e. The summed E-state index contributed by atoms with van der Waals surface area (Å²) in [6.07, 6.45) is 0. The van der Waals surface area contributed by atoms with Crippen molar-refractivity contribution in [3.63, 3.8) is 0 Å². The van der Waals surface area contributed by atoms with Crippen molar-refractivity contribution >= 4 is 17.3 Å². The van der Waals surface area contributed by atoms with Gasteiger partial charge in [0.2, 0.25) is 0 Å². The third-order valence-corrected chi connectivity index (χ3v) is 4.71. The number of rotatable bonds is 8. The number of nitrogens with one attached hydrogen (secondary N) is 1. The average Bonchev–Trinajstić information content (AvgIpc) is 2.69. The van der Waals surface area contributed by atoms with Crippen molar-refractivity contribution in [2.45, 2.75) is 27.0 Å². The van der Waals surface area contributed by atoms with Gasteiger partial charge in [-0.3, -0.25) is 0 Å². The Bertz CT molecular complexity index is 881. The van der Waals surface area contributed by atoms with Crippen LogP contribution in [0.1, 0.15) is 23.6 Å². The third kappa shape index (κ3) is 5.18. The molecule has 0 aromatic heterocycles. The van der Waals surface area contributed by atoms with E-state index in [2.05, 4.69) is 11.4 Å². The highest BCUT2D eigenvalue weighted by molar-refractivity contribution is 6.31. The molecule has 0 fully saturated rings. The van der Waals surface area contributed by atoms with Gasteiger partial charge in [0.05, 0.1) is 6.61 Å². The van der Waals surface area contributed by atoms with Gasteiger partial charge in [0.25, 0.3) is 0 Å². The minimum Gasteiger partial charge on any atom is -0.490 e. The van der Waals surface area contributed by atoms with Gasteiger partial charge in [0.1, 0.15) is 6.61 Å². The Labute approximate surface area is 165 Å². The van der Waals surface area contributed by atoms with Crippen LogP contribution in [0.5, 0.6) is 11.5 Å². The first-order valence-electron chi connectivity index (χ1n) is 9.09. The summed E-state index contributed by atoms with van der Waals surface area (Å²) >= 11 is 6.19. The smallest absolute Gasteiger partial charge is 0.161 e. The second kappa shape index (κ2) is 9.33. The Morgan fingerprint density at radius 2 is 1.67 bits per heavy atom. The zero-order valence-electron chi connectivity index (χ0n) is 15.7. The lowest BCUT2D eigenvalue weighted by atomic mass is 10.1. The van der Waals surface area contributed by atoms with Gasteiger partial charge in [-0.2, -0.15) is 0 Å². The Kier molecular flexibility index (Phi) is 6.61. The van der Waals surface area contributed by atoms with Crippen molar-refractivity contribution in [1.29, 1.82) is 0 Å². The lowest BCUT2D eigenvalue weighted by Gasteiger charge is -2.15. The van der Waals surface area contributed by atoms with Gasteiger partial charge in [0.15, 0.2) is 11.5 Å². The number of hydrogen-bond acceptors (Lipinski definition) is 3. The molecule has 3 aromatic carbocycles. The number of halogens is 1. The van der Waals surface area contributed by atoms with E-state index in [9.17, 15) is 0 Å². The highest BCUT2D eigenvalue weighted by Crippen LogP contribution is 2.30. The van der Waals surface area contributed by atoms with Crippen LogP contribution < -0.4 is 14.8 Å². The van der Waals surface area contributed by atoms with Gasteiger partial charge in [-0.1, -0.05) is 54.1 Å². The molecule has 0 atom stereocenters. The molecule has 0 saturated carbocycles. The molecule has 0 aliphatic rings. The van der Waals surface area contributed by atoms with Gasteiger partial charge in [0, 0.05) is 17.3 Å². The summed E-state index contributed by atoms with van der Waals surface area (Å²) in [7, 11) is 0. The van der Waals surface area contributed by atoms with Gasteiger partial charge in [-0.15, -0.1) is 0 Å². The first-order chi connectivity index (χ1) is 13.2. The molecule has 3 nitrogen and oxygen atoms in total. The molecule has 0 spiro atoms. The fourth-order valence-corrected chi connectivity index (χ4v) is 2.96. The van der Waals surface area contributed by atoms with Gasteiger partial charge < -0.3 is 14.8 Å². The molecule has 4 heteroatoms. The first kappa shape index (κ1) is 19.1. The van der Waals surface area contributed by atoms with Gasteiger partial charge in [-0.25, -0.2) is 0 Å². The summed E-state index contributed by atoms with van der Waals surface area (Å²) in [5, 5.41) is 4.20. The van der Waals surface area contributed by atoms with Crippen LogP contribution in [-0.2, 0) is 13.2 Å². The van der Waals surface area contributed by atoms with E-state index in [-0.39, 0.29) is 0 Å². The van der Waals surface area contributed by atoms with Crippen molar-refractivity contribution < 1.29 is 9.47 Å². The van der Waals surface area contributed by atoms with E-state index in [1.807, 2.05) is 74.5 Å². The molecule has 0 bridgehead atoms. The zero-order chi connectivity index (χ0) is 19.1. The molecule has 0 aliphatic heterocycles. The summed E-state index contributed by atoms with van der Waals surface area (Å²) in [6.45, 7) is 5.77. The van der Waals surface area contributed by atoms with Gasteiger partial charge >= 0.3 is 0 Å². The number of ether oxygens (including phenoxy) is 2. The van der Waals surface area contributed by atoms with E-state index >= 15 is 0 Å². The Morgan fingerprint density at radius 3 is 2.44 bits per heavy atom. The number of benzene rings is 3. The fourth-order valence-electron chi connectivity index (χ4n) is 2.78. The number of anilines is 1. The summed E-state index contributed by atoms with van der Waals surface area (Å²) in [4.78, 5) is 0. The molecule has 0 saturated heterocycles.